The number of nitrogens with zero attached hydrogens (tertiary/aromatic N) is 2. The van der Waals surface area contributed by atoms with Gasteiger partial charge in [-0.25, -0.2) is 4.68 Å². The number of hydrogen-bond acceptors (Lipinski definition) is 4. The molecule has 0 bridgehead atoms. The highest BCUT2D eigenvalue weighted by molar-refractivity contribution is 5.97. The van der Waals surface area contributed by atoms with Gasteiger partial charge in [0.25, 0.3) is 0 Å². The second-order valence-corrected chi connectivity index (χ2v) is 8.15. The minimum Gasteiger partial charge on any atom is -0.374 e. The molecule has 7 heteroatoms. The number of amides is 2. The summed E-state index contributed by atoms with van der Waals surface area (Å²) < 4.78 is 7.45. The number of carbonyl (C=O) groups excluding carboxylic acids is 2. The standard InChI is InChI=1S/C24H26N4O3/c1-24(2,31-3)18-9-7-8-16(12-18)20-14-21(26-23(30)17-13-22(29)25-15-17)27-28(20)19-10-5-4-6-11-19/h4-12,14,17H,13,15H2,1-3H3,(H,25,29)(H,26,27,30)/t17-/m0/s1. The smallest absolute Gasteiger partial charge is 0.230 e. The van der Waals surface area contributed by atoms with Gasteiger partial charge in [0.15, 0.2) is 5.82 Å². The molecule has 3 aromatic rings. The number of anilines is 1. The number of hydrogen-bond donors (Lipinski definition) is 2. The van der Waals surface area contributed by atoms with Crippen LogP contribution in [0.25, 0.3) is 16.9 Å². The van der Waals surface area contributed by atoms with E-state index in [1.807, 2.05) is 73.1 Å². The van der Waals surface area contributed by atoms with Gasteiger partial charge < -0.3 is 15.4 Å². The van der Waals surface area contributed by atoms with E-state index in [1.165, 1.54) is 0 Å². The number of aromatic nitrogens is 2. The summed E-state index contributed by atoms with van der Waals surface area (Å²) >= 11 is 0. The highest BCUT2D eigenvalue weighted by Crippen LogP contribution is 2.31. The lowest BCUT2D eigenvalue weighted by Gasteiger charge is -2.24. The summed E-state index contributed by atoms with van der Waals surface area (Å²) in [5.41, 5.74) is 3.28. The molecule has 1 aliphatic rings. The van der Waals surface area contributed by atoms with Gasteiger partial charge in [-0.1, -0.05) is 36.4 Å². The molecule has 0 spiro atoms. The fourth-order valence-corrected chi connectivity index (χ4v) is 3.60. The summed E-state index contributed by atoms with van der Waals surface area (Å²) in [6, 6.07) is 19.7. The van der Waals surface area contributed by atoms with Gasteiger partial charge in [-0.15, -0.1) is 5.10 Å². The second-order valence-electron chi connectivity index (χ2n) is 8.15. The summed E-state index contributed by atoms with van der Waals surface area (Å²) in [5.74, 6) is -0.256. The van der Waals surface area contributed by atoms with E-state index in [1.54, 1.807) is 7.11 Å². The molecule has 160 valence electrons. The van der Waals surface area contributed by atoms with E-state index in [-0.39, 0.29) is 24.2 Å². The van der Waals surface area contributed by atoms with Crippen LogP contribution in [0.1, 0.15) is 25.8 Å². The van der Waals surface area contributed by atoms with Gasteiger partial charge in [-0.05, 0) is 37.6 Å². The van der Waals surface area contributed by atoms with Crippen LogP contribution in [0, 0.1) is 5.92 Å². The van der Waals surface area contributed by atoms with Crippen molar-refractivity contribution in [3.05, 3.63) is 66.2 Å². The Balaban J connectivity index is 1.72. The van der Waals surface area contributed by atoms with Crippen LogP contribution in [0.3, 0.4) is 0 Å². The van der Waals surface area contributed by atoms with Crippen LogP contribution < -0.4 is 10.6 Å². The maximum Gasteiger partial charge on any atom is 0.230 e. The highest BCUT2D eigenvalue weighted by Gasteiger charge is 2.28. The van der Waals surface area contributed by atoms with Crippen molar-refractivity contribution >= 4 is 17.6 Å². The third-order valence-corrected chi connectivity index (χ3v) is 5.67. The number of carbonyl (C=O) groups is 2. The summed E-state index contributed by atoms with van der Waals surface area (Å²) in [4.78, 5) is 24.1. The van der Waals surface area contributed by atoms with Crippen molar-refractivity contribution in [2.24, 2.45) is 5.92 Å². The Bertz CT molecular complexity index is 1110. The lowest BCUT2D eigenvalue weighted by Crippen LogP contribution is -2.24. The molecule has 0 aliphatic carbocycles. The van der Waals surface area contributed by atoms with Gasteiger partial charge in [0.1, 0.15) is 0 Å². The van der Waals surface area contributed by atoms with Gasteiger partial charge in [0, 0.05) is 31.7 Å². The first-order valence-electron chi connectivity index (χ1n) is 10.3. The fraction of sp³-hybridized carbons (Fsp3) is 0.292. The van der Waals surface area contributed by atoms with Gasteiger partial charge in [0.05, 0.1) is 22.9 Å². The quantitative estimate of drug-likeness (QED) is 0.642. The van der Waals surface area contributed by atoms with E-state index in [0.29, 0.717) is 12.4 Å². The molecule has 2 aromatic carbocycles. The normalized spacial score (nSPS) is 16.2. The van der Waals surface area contributed by atoms with Crippen molar-refractivity contribution in [3.63, 3.8) is 0 Å². The molecule has 1 aromatic heterocycles. The van der Waals surface area contributed by atoms with E-state index in [4.69, 9.17) is 4.74 Å². The van der Waals surface area contributed by atoms with Gasteiger partial charge in [-0.2, -0.15) is 0 Å². The molecule has 1 aliphatic heterocycles. The molecule has 0 radical (unpaired) electrons. The van der Waals surface area contributed by atoms with E-state index >= 15 is 0 Å². The van der Waals surface area contributed by atoms with Crippen LogP contribution in [0.15, 0.2) is 60.7 Å². The highest BCUT2D eigenvalue weighted by atomic mass is 16.5. The Kier molecular flexibility index (Phi) is 5.61. The van der Waals surface area contributed by atoms with Crippen molar-refractivity contribution in [2.75, 3.05) is 19.0 Å². The lowest BCUT2D eigenvalue weighted by molar-refractivity contribution is -0.123. The molecule has 31 heavy (non-hydrogen) atoms. The third-order valence-electron chi connectivity index (χ3n) is 5.67. The SMILES string of the molecule is COC(C)(C)c1cccc(-c2cc(NC(=O)[C@@H]3CNC(=O)C3)nn2-c2ccccc2)c1. The molecule has 4 rings (SSSR count). The molecule has 7 nitrogen and oxygen atoms in total. The molecular formula is C24H26N4O3. The van der Waals surface area contributed by atoms with Crippen molar-refractivity contribution < 1.29 is 14.3 Å². The van der Waals surface area contributed by atoms with Crippen molar-refractivity contribution in [1.82, 2.24) is 15.1 Å². The zero-order valence-corrected chi connectivity index (χ0v) is 17.9. The predicted octanol–water partition coefficient (Wildman–Crippen LogP) is 3.50. The minimum atomic E-state index is -0.438. The third kappa shape index (κ3) is 4.36. The average Bonchev–Trinajstić information content (AvgIpc) is 3.41. The number of ether oxygens (including phenoxy) is 1. The second kappa shape index (κ2) is 8.35. The number of para-hydroxylation sites is 1. The van der Waals surface area contributed by atoms with Gasteiger partial charge >= 0.3 is 0 Å². The lowest BCUT2D eigenvalue weighted by atomic mass is 9.95. The van der Waals surface area contributed by atoms with E-state index < -0.39 is 5.60 Å². The predicted molar refractivity (Wildman–Crippen MR) is 119 cm³/mol. The van der Waals surface area contributed by atoms with Crippen LogP contribution in [0.2, 0.25) is 0 Å². The molecule has 0 unspecified atom stereocenters. The molecule has 2 amide bonds. The van der Waals surface area contributed by atoms with Crippen molar-refractivity contribution in [1.29, 1.82) is 0 Å². The molecule has 2 heterocycles. The zero-order chi connectivity index (χ0) is 22.0. The summed E-state index contributed by atoms with van der Waals surface area (Å²) in [7, 11) is 1.69. The average molecular weight is 418 g/mol. The van der Waals surface area contributed by atoms with Crippen LogP contribution in [0.4, 0.5) is 5.82 Å². The largest absolute Gasteiger partial charge is 0.374 e. The first-order valence-corrected chi connectivity index (χ1v) is 10.3. The van der Waals surface area contributed by atoms with E-state index in [9.17, 15) is 9.59 Å². The Morgan fingerprint density at radius 3 is 2.61 bits per heavy atom. The first-order chi connectivity index (χ1) is 14.9. The molecule has 1 saturated heterocycles. The maximum atomic E-state index is 12.6. The number of benzene rings is 2. The van der Waals surface area contributed by atoms with Gasteiger partial charge in [0.2, 0.25) is 11.8 Å². The first kappa shape index (κ1) is 20.8. The van der Waals surface area contributed by atoms with Crippen molar-refractivity contribution in [2.45, 2.75) is 25.9 Å². The van der Waals surface area contributed by atoms with Crippen LogP contribution in [-0.2, 0) is 19.9 Å². The Labute approximate surface area is 181 Å². The van der Waals surface area contributed by atoms with Crippen LogP contribution in [0.5, 0.6) is 0 Å². The van der Waals surface area contributed by atoms with Crippen LogP contribution >= 0.6 is 0 Å². The molecule has 1 fully saturated rings. The van der Waals surface area contributed by atoms with E-state index in [2.05, 4.69) is 21.8 Å². The van der Waals surface area contributed by atoms with Gasteiger partial charge in [-0.3, -0.25) is 9.59 Å². The summed E-state index contributed by atoms with van der Waals surface area (Å²) in [5, 5.41) is 10.2. The Hall–Kier alpha value is -3.45. The fourth-order valence-electron chi connectivity index (χ4n) is 3.60. The number of nitrogens with one attached hydrogen (secondary N) is 2. The Morgan fingerprint density at radius 2 is 1.94 bits per heavy atom. The van der Waals surface area contributed by atoms with Crippen LogP contribution in [-0.4, -0.2) is 35.2 Å². The monoisotopic (exact) mass is 418 g/mol. The van der Waals surface area contributed by atoms with Crippen molar-refractivity contribution in [3.8, 4) is 16.9 Å². The van der Waals surface area contributed by atoms with E-state index in [0.717, 1.165) is 22.5 Å². The maximum absolute atomic E-state index is 12.6. The molecular weight excluding hydrogens is 392 g/mol. The molecule has 2 N–H and O–H groups in total. The molecule has 1 atom stereocenters. The topological polar surface area (TPSA) is 85.2 Å². The number of rotatable bonds is 6. The zero-order valence-electron chi connectivity index (χ0n) is 17.9. The summed E-state index contributed by atoms with van der Waals surface area (Å²) in [6.07, 6.45) is 0.201. The molecule has 0 saturated carbocycles. The summed E-state index contributed by atoms with van der Waals surface area (Å²) in [6.45, 7) is 4.39. The number of methoxy groups -OCH3 is 1. The minimum absolute atomic E-state index is 0.103. The Morgan fingerprint density at radius 1 is 1.16 bits per heavy atom.